The molecule has 1 aromatic rings. The van der Waals surface area contributed by atoms with Crippen molar-refractivity contribution in [3.05, 3.63) is 24.0 Å². The zero-order chi connectivity index (χ0) is 12.3. The van der Waals surface area contributed by atoms with Gasteiger partial charge in [0.05, 0.1) is 7.11 Å². The third kappa shape index (κ3) is 2.74. The van der Waals surface area contributed by atoms with Crippen LogP contribution in [0.1, 0.15) is 12.8 Å². The second kappa shape index (κ2) is 5.14. The molecule has 0 bridgehead atoms. The number of ether oxygens (including phenoxy) is 2. The average molecular weight is 239 g/mol. The molecule has 0 unspecified atom stereocenters. The molecular formula is C12H14FNO3. The first-order valence-electron chi connectivity index (χ1n) is 5.46. The molecule has 2 rings (SSSR count). The predicted octanol–water partition coefficient (Wildman–Crippen LogP) is 1.95. The summed E-state index contributed by atoms with van der Waals surface area (Å²) in [5.74, 6) is -0.547. The third-order valence-electron chi connectivity index (χ3n) is 2.64. The molecule has 0 saturated carbocycles. The monoisotopic (exact) mass is 239 g/mol. The van der Waals surface area contributed by atoms with E-state index in [2.05, 4.69) is 5.32 Å². The zero-order valence-corrected chi connectivity index (χ0v) is 9.53. The van der Waals surface area contributed by atoms with Gasteiger partial charge in [-0.25, -0.2) is 4.39 Å². The van der Waals surface area contributed by atoms with E-state index in [1.165, 1.54) is 25.3 Å². The van der Waals surface area contributed by atoms with Gasteiger partial charge in [0.1, 0.15) is 6.10 Å². The van der Waals surface area contributed by atoms with E-state index in [0.29, 0.717) is 12.3 Å². The van der Waals surface area contributed by atoms with Crippen LogP contribution in [-0.4, -0.2) is 25.7 Å². The van der Waals surface area contributed by atoms with Crippen molar-refractivity contribution in [2.75, 3.05) is 19.0 Å². The first-order chi connectivity index (χ1) is 8.20. The Morgan fingerprint density at radius 3 is 3.06 bits per heavy atom. The molecular weight excluding hydrogens is 225 g/mol. The molecule has 1 atom stereocenters. The van der Waals surface area contributed by atoms with E-state index >= 15 is 0 Å². The molecule has 17 heavy (non-hydrogen) atoms. The Morgan fingerprint density at radius 2 is 2.41 bits per heavy atom. The van der Waals surface area contributed by atoms with Crippen LogP contribution in [0.2, 0.25) is 0 Å². The van der Waals surface area contributed by atoms with Gasteiger partial charge < -0.3 is 14.8 Å². The van der Waals surface area contributed by atoms with Crippen LogP contribution in [0.4, 0.5) is 10.1 Å². The van der Waals surface area contributed by atoms with Crippen LogP contribution in [-0.2, 0) is 9.53 Å². The predicted molar refractivity (Wildman–Crippen MR) is 60.6 cm³/mol. The molecule has 1 N–H and O–H groups in total. The van der Waals surface area contributed by atoms with Crippen LogP contribution in [0, 0.1) is 5.82 Å². The lowest BCUT2D eigenvalue weighted by Gasteiger charge is -2.11. The summed E-state index contributed by atoms with van der Waals surface area (Å²) in [5, 5.41) is 2.68. The Morgan fingerprint density at radius 1 is 1.59 bits per heavy atom. The summed E-state index contributed by atoms with van der Waals surface area (Å²) in [6.07, 6.45) is 1.22. The molecule has 0 radical (unpaired) electrons. The van der Waals surface area contributed by atoms with Gasteiger partial charge in [0.15, 0.2) is 11.6 Å². The Kier molecular flexibility index (Phi) is 3.58. The molecule has 1 heterocycles. The molecule has 0 aliphatic carbocycles. The number of amides is 1. The molecule has 1 amide bonds. The van der Waals surface area contributed by atoms with Crippen molar-refractivity contribution in [2.45, 2.75) is 18.9 Å². The van der Waals surface area contributed by atoms with Gasteiger partial charge in [-0.2, -0.15) is 0 Å². The number of carbonyl (C=O) groups is 1. The maximum atomic E-state index is 13.1. The summed E-state index contributed by atoms with van der Waals surface area (Å²) in [6, 6.07) is 4.19. The van der Waals surface area contributed by atoms with Crippen molar-refractivity contribution in [1.82, 2.24) is 0 Å². The Bertz CT molecular complexity index is 416. The lowest BCUT2D eigenvalue weighted by atomic mass is 10.2. The van der Waals surface area contributed by atoms with E-state index in [0.717, 1.165) is 12.8 Å². The molecule has 5 heteroatoms. The largest absolute Gasteiger partial charge is 0.494 e. The molecule has 0 aromatic heterocycles. The van der Waals surface area contributed by atoms with Crippen LogP contribution in [0.5, 0.6) is 5.75 Å². The van der Waals surface area contributed by atoms with Crippen molar-refractivity contribution in [3.63, 3.8) is 0 Å². The minimum atomic E-state index is -0.456. The van der Waals surface area contributed by atoms with E-state index in [-0.39, 0.29) is 11.7 Å². The summed E-state index contributed by atoms with van der Waals surface area (Å²) >= 11 is 0. The van der Waals surface area contributed by atoms with E-state index in [1.54, 1.807) is 0 Å². The van der Waals surface area contributed by atoms with Gasteiger partial charge in [-0.1, -0.05) is 0 Å². The fourth-order valence-corrected chi connectivity index (χ4v) is 1.74. The maximum absolute atomic E-state index is 13.1. The van der Waals surface area contributed by atoms with Crippen molar-refractivity contribution in [2.24, 2.45) is 0 Å². The molecule has 0 spiro atoms. The summed E-state index contributed by atoms with van der Waals surface area (Å²) in [5.41, 5.74) is 0.503. The van der Waals surface area contributed by atoms with E-state index in [4.69, 9.17) is 9.47 Å². The topological polar surface area (TPSA) is 47.6 Å². The summed E-state index contributed by atoms with van der Waals surface area (Å²) in [6.45, 7) is 0.616. The third-order valence-corrected chi connectivity index (χ3v) is 2.64. The maximum Gasteiger partial charge on any atom is 0.253 e. The van der Waals surface area contributed by atoms with Gasteiger partial charge in [0.25, 0.3) is 5.91 Å². The fourth-order valence-electron chi connectivity index (χ4n) is 1.74. The smallest absolute Gasteiger partial charge is 0.253 e. The Hall–Kier alpha value is -1.62. The van der Waals surface area contributed by atoms with E-state index in [9.17, 15) is 9.18 Å². The Labute approximate surface area is 98.7 Å². The molecule has 1 aliphatic heterocycles. The lowest BCUT2D eigenvalue weighted by Crippen LogP contribution is -2.26. The average Bonchev–Trinajstić information content (AvgIpc) is 2.85. The summed E-state index contributed by atoms with van der Waals surface area (Å²) in [7, 11) is 1.38. The fraction of sp³-hybridized carbons (Fsp3) is 0.417. The van der Waals surface area contributed by atoms with Gasteiger partial charge in [-0.3, -0.25) is 4.79 Å². The number of nitrogens with one attached hydrogen (secondary N) is 1. The second-order valence-corrected chi connectivity index (χ2v) is 3.84. The normalized spacial score (nSPS) is 19.1. The minimum absolute atomic E-state index is 0.107. The highest BCUT2D eigenvalue weighted by molar-refractivity contribution is 5.94. The minimum Gasteiger partial charge on any atom is -0.494 e. The number of rotatable bonds is 3. The van der Waals surface area contributed by atoms with Gasteiger partial charge in [0, 0.05) is 18.4 Å². The molecule has 92 valence electrons. The highest BCUT2D eigenvalue weighted by Gasteiger charge is 2.23. The van der Waals surface area contributed by atoms with Gasteiger partial charge in [-0.05, 0) is 25.0 Å². The van der Waals surface area contributed by atoms with Gasteiger partial charge in [0.2, 0.25) is 0 Å². The van der Waals surface area contributed by atoms with Crippen LogP contribution in [0.15, 0.2) is 18.2 Å². The summed E-state index contributed by atoms with van der Waals surface area (Å²) in [4.78, 5) is 11.7. The number of halogens is 1. The SMILES string of the molecule is COc1cc(NC(=O)[C@@H]2CCCO2)ccc1F. The molecule has 4 nitrogen and oxygen atoms in total. The van der Waals surface area contributed by atoms with E-state index in [1.807, 2.05) is 0 Å². The number of hydrogen-bond acceptors (Lipinski definition) is 3. The van der Waals surface area contributed by atoms with Crippen LogP contribution >= 0.6 is 0 Å². The molecule has 1 aromatic carbocycles. The summed E-state index contributed by atoms with van der Waals surface area (Å²) < 4.78 is 23.2. The molecule has 1 saturated heterocycles. The number of hydrogen-bond donors (Lipinski definition) is 1. The quantitative estimate of drug-likeness (QED) is 0.877. The highest BCUT2D eigenvalue weighted by atomic mass is 19.1. The first-order valence-corrected chi connectivity index (χ1v) is 5.46. The highest BCUT2D eigenvalue weighted by Crippen LogP contribution is 2.22. The van der Waals surface area contributed by atoms with E-state index < -0.39 is 11.9 Å². The van der Waals surface area contributed by atoms with Crippen molar-refractivity contribution in [1.29, 1.82) is 0 Å². The second-order valence-electron chi connectivity index (χ2n) is 3.84. The van der Waals surface area contributed by atoms with Crippen molar-refractivity contribution >= 4 is 11.6 Å². The number of benzene rings is 1. The van der Waals surface area contributed by atoms with Gasteiger partial charge >= 0.3 is 0 Å². The van der Waals surface area contributed by atoms with Crippen LogP contribution in [0.25, 0.3) is 0 Å². The number of anilines is 1. The number of carbonyl (C=O) groups excluding carboxylic acids is 1. The van der Waals surface area contributed by atoms with Gasteiger partial charge in [-0.15, -0.1) is 0 Å². The molecule has 1 aliphatic rings. The number of methoxy groups -OCH3 is 1. The van der Waals surface area contributed by atoms with Crippen molar-refractivity contribution in [3.8, 4) is 5.75 Å². The molecule has 1 fully saturated rings. The Balaban J connectivity index is 2.05. The standard InChI is InChI=1S/C12H14FNO3/c1-16-11-7-8(4-5-9(11)13)14-12(15)10-3-2-6-17-10/h4-5,7,10H,2-3,6H2,1H3,(H,14,15)/t10-/m0/s1. The zero-order valence-electron chi connectivity index (χ0n) is 9.53. The van der Waals surface area contributed by atoms with Crippen molar-refractivity contribution < 1.29 is 18.7 Å². The lowest BCUT2D eigenvalue weighted by molar-refractivity contribution is -0.124. The van der Waals surface area contributed by atoms with Crippen LogP contribution in [0.3, 0.4) is 0 Å². The van der Waals surface area contributed by atoms with Crippen LogP contribution < -0.4 is 10.1 Å². The first kappa shape index (κ1) is 11.9.